The van der Waals surface area contributed by atoms with Gasteiger partial charge in [-0.1, -0.05) is 43.5 Å². The molecule has 2 aromatic heterocycles. The number of rotatable bonds is 9. The van der Waals surface area contributed by atoms with E-state index in [0.717, 1.165) is 25.7 Å². The highest BCUT2D eigenvalue weighted by Crippen LogP contribution is 2.33. The van der Waals surface area contributed by atoms with E-state index in [0.29, 0.717) is 23.7 Å². The van der Waals surface area contributed by atoms with Gasteiger partial charge in [0.05, 0.1) is 19.4 Å². The zero-order chi connectivity index (χ0) is 23.8. The SMILES string of the molecule is CCOc1ccccc1C(C(=O)NC1CCCCC1)N(Cc1ccco1)C(=O)c1ccccn1. The lowest BCUT2D eigenvalue weighted by Gasteiger charge is -2.33. The molecule has 0 aliphatic heterocycles. The van der Waals surface area contributed by atoms with E-state index in [4.69, 9.17) is 9.15 Å². The number of ether oxygens (including phenoxy) is 1. The molecule has 0 spiro atoms. The third-order valence-corrected chi connectivity index (χ3v) is 6.08. The Hall–Kier alpha value is -3.61. The Labute approximate surface area is 200 Å². The van der Waals surface area contributed by atoms with Crippen LogP contribution in [-0.2, 0) is 11.3 Å². The van der Waals surface area contributed by atoms with Crippen molar-refractivity contribution in [3.8, 4) is 5.75 Å². The number of furan rings is 1. The fraction of sp³-hybridized carbons (Fsp3) is 0.370. The van der Waals surface area contributed by atoms with Gasteiger partial charge in [0, 0.05) is 17.8 Å². The van der Waals surface area contributed by atoms with Crippen LogP contribution in [-0.4, -0.2) is 34.3 Å². The molecule has 4 rings (SSSR count). The summed E-state index contributed by atoms with van der Waals surface area (Å²) >= 11 is 0. The number of carbonyl (C=O) groups is 2. The first-order chi connectivity index (χ1) is 16.7. The summed E-state index contributed by atoms with van der Waals surface area (Å²) in [6.07, 6.45) is 8.39. The molecule has 2 amide bonds. The van der Waals surface area contributed by atoms with Crippen molar-refractivity contribution < 1.29 is 18.7 Å². The molecule has 3 aromatic rings. The summed E-state index contributed by atoms with van der Waals surface area (Å²) in [6, 6.07) is 15.3. The maximum absolute atomic E-state index is 13.9. The van der Waals surface area contributed by atoms with E-state index in [1.165, 1.54) is 11.3 Å². The minimum Gasteiger partial charge on any atom is -0.494 e. The Morgan fingerprint density at radius 1 is 1.09 bits per heavy atom. The fourth-order valence-corrected chi connectivity index (χ4v) is 4.46. The molecule has 34 heavy (non-hydrogen) atoms. The summed E-state index contributed by atoms with van der Waals surface area (Å²) in [4.78, 5) is 33.4. The van der Waals surface area contributed by atoms with Crippen molar-refractivity contribution in [1.29, 1.82) is 0 Å². The Morgan fingerprint density at radius 3 is 2.59 bits per heavy atom. The topological polar surface area (TPSA) is 84.7 Å². The maximum atomic E-state index is 13.9. The molecule has 1 aliphatic rings. The van der Waals surface area contributed by atoms with Crippen LogP contribution in [0.1, 0.15) is 66.9 Å². The van der Waals surface area contributed by atoms with Crippen LogP contribution in [0.5, 0.6) is 5.75 Å². The van der Waals surface area contributed by atoms with Crippen molar-refractivity contribution in [1.82, 2.24) is 15.2 Å². The Kier molecular flexibility index (Phi) is 7.96. The smallest absolute Gasteiger partial charge is 0.273 e. The molecule has 1 fully saturated rings. The molecule has 7 nitrogen and oxygen atoms in total. The van der Waals surface area contributed by atoms with Crippen LogP contribution < -0.4 is 10.1 Å². The van der Waals surface area contributed by atoms with Crippen LogP contribution in [0.25, 0.3) is 0 Å². The highest BCUT2D eigenvalue weighted by atomic mass is 16.5. The van der Waals surface area contributed by atoms with Crippen molar-refractivity contribution in [3.05, 3.63) is 84.1 Å². The lowest BCUT2D eigenvalue weighted by Crippen LogP contribution is -2.47. The average molecular weight is 462 g/mol. The van der Waals surface area contributed by atoms with Gasteiger partial charge in [0.2, 0.25) is 5.91 Å². The predicted molar refractivity (Wildman–Crippen MR) is 128 cm³/mol. The second-order valence-corrected chi connectivity index (χ2v) is 8.44. The molecule has 0 saturated heterocycles. The lowest BCUT2D eigenvalue weighted by atomic mass is 9.94. The zero-order valence-corrected chi connectivity index (χ0v) is 19.5. The van der Waals surface area contributed by atoms with Crippen LogP contribution in [0.15, 0.2) is 71.5 Å². The molecule has 1 aromatic carbocycles. The Balaban J connectivity index is 1.76. The Bertz CT molecular complexity index is 1060. The number of amides is 2. The van der Waals surface area contributed by atoms with E-state index in [-0.39, 0.29) is 30.1 Å². The molecule has 1 saturated carbocycles. The number of hydrogen-bond donors (Lipinski definition) is 1. The molecule has 2 heterocycles. The summed E-state index contributed by atoms with van der Waals surface area (Å²) in [6.45, 7) is 2.46. The normalized spacial score (nSPS) is 14.9. The minimum atomic E-state index is -0.913. The van der Waals surface area contributed by atoms with Gasteiger partial charge in [-0.25, -0.2) is 0 Å². The molecule has 1 aliphatic carbocycles. The Morgan fingerprint density at radius 2 is 1.88 bits per heavy atom. The van der Waals surface area contributed by atoms with E-state index in [9.17, 15) is 9.59 Å². The first kappa shape index (κ1) is 23.5. The number of carbonyl (C=O) groups excluding carboxylic acids is 2. The average Bonchev–Trinajstić information content (AvgIpc) is 3.39. The van der Waals surface area contributed by atoms with Gasteiger partial charge in [-0.05, 0) is 50.1 Å². The van der Waals surface area contributed by atoms with Crippen LogP contribution in [0, 0.1) is 0 Å². The second-order valence-electron chi connectivity index (χ2n) is 8.44. The largest absolute Gasteiger partial charge is 0.494 e. The summed E-state index contributed by atoms with van der Waals surface area (Å²) in [5, 5.41) is 3.21. The lowest BCUT2D eigenvalue weighted by molar-refractivity contribution is -0.127. The first-order valence-corrected chi connectivity index (χ1v) is 11.9. The summed E-state index contributed by atoms with van der Waals surface area (Å²) in [7, 11) is 0. The summed E-state index contributed by atoms with van der Waals surface area (Å²) in [5.74, 6) is 0.572. The van der Waals surface area contributed by atoms with E-state index >= 15 is 0 Å². The number of benzene rings is 1. The molecular formula is C27H31N3O4. The number of pyridine rings is 1. The first-order valence-electron chi connectivity index (χ1n) is 11.9. The van der Waals surface area contributed by atoms with E-state index in [2.05, 4.69) is 10.3 Å². The highest BCUT2D eigenvalue weighted by Gasteiger charge is 2.36. The van der Waals surface area contributed by atoms with Crippen molar-refractivity contribution in [2.45, 2.75) is 57.7 Å². The second kappa shape index (κ2) is 11.5. The molecule has 0 radical (unpaired) electrons. The fourth-order valence-electron chi connectivity index (χ4n) is 4.46. The number of aromatic nitrogens is 1. The molecule has 1 N–H and O–H groups in total. The van der Waals surface area contributed by atoms with Gasteiger partial charge < -0.3 is 19.4 Å². The quantitative estimate of drug-likeness (QED) is 0.490. The van der Waals surface area contributed by atoms with Crippen molar-refractivity contribution >= 4 is 11.8 Å². The van der Waals surface area contributed by atoms with Crippen molar-refractivity contribution in [2.24, 2.45) is 0 Å². The minimum absolute atomic E-state index is 0.0958. The van der Waals surface area contributed by atoms with E-state index in [1.807, 2.05) is 31.2 Å². The van der Waals surface area contributed by atoms with Gasteiger partial charge in [-0.15, -0.1) is 0 Å². The molecule has 1 unspecified atom stereocenters. The maximum Gasteiger partial charge on any atom is 0.273 e. The molecule has 178 valence electrons. The van der Waals surface area contributed by atoms with Gasteiger partial charge in [0.25, 0.3) is 5.91 Å². The highest BCUT2D eigenvalue weighted by molar-refractivity contribution is 5.96. The van der Waals surface area contributed by atoms with Crippen LogP contribution in [0.3, 0.4) is 0 Å². The zero-order valence-electron chi connectivity index (χ0n) is 19.5. The summed E-state index contributed by atoms with van der Waals surface area (Å²) < 4.78 is 11.4. The van der Waals surface area contributed by atoms with Gasteiger partial charge in [-0.2, -0.15) is 0 Å². The third-order valence-electron chi connectivity index (χ3n) is 6.08. The number of para-hydroxylation sites is 1. The monoisotopic (exact) mass is 461 g/mol. The van der Waals surface area contributed by atoms with Crippen molar-refractivity contribution in [2.75, 3.05) is 6.61 Å². The molecule has 7 heteroatoms. The number of nitrogens with zero attached hydrogens (tertiary/aromatic N) is 2. The van der Waals surface area contributed by atoms with Crippen LogP contribution >= 0.6 is 0 Å². The number of nitrogens with one attached hydrogen (secondary N) is 1. The van der Waals surface area contributed by atoms with Gasteiger partial charge in [0.1, 0.15) is 23.2 Å². The van der Waals surface area contributed by atoms with E-state index < -0.39 is 6.04 Å². The van der Waals surface area contributed by atoms with Crippen molar-refractivity contribution in [3.63, 3.8) is 0 Å². The number of hydrogen-bond acceptors (Lipinski definition) is 5. The third kappa shape index (κ3) is 5.65. The van der Waals surface area contributed by atoms with E-state index in [1.54, 1.807) is 42.8 Å². The molecular weight excluding hydrogens is 430 g/mol. The predicted octanol–water partition coefficient (Wildman–Crippen LogP) is 4.91. The molecule has 0 bridgehead atoms. The van der Waals surface area contributed by atoms with Gasteiger partial charge in [0.15, 0.2) is 0 Å². The molecule has 1 atom stereocenters. The van der Waals surface area contributed by atoms with Crippen LogP contribution in [0.4, 0.5) is 0 Å². The standard InChI is InChI=1S/C27H31N3O4/c1-2-33-24-16-7-6-14-22(24)25(26(31)29-20-11-4-3-5-12-20)30(19-21-13-10-18-34-21)27(32)23-15-8-9-17-28-23/h6-10,13-18,20,25H,2-5,11-12,19H2,1H3,(H,29,31). The van der Waals surface area contributed by atoms with Gasteiger partial charge >= 0.3 is 0 Å². The van der Waals surface area contributed by atoms with Crippen LogP contribution in [0.2, 0.25) is 0 Å². The summed E-state index contributed by atoms with van der Waals surface area (Å²) in [5.41, 5.74) is 0.895. The van der Waals surface area contributed by atoms with Gasteiger partial charge in [-0.3, -0.25) is 14.6 Å².